The number of aromatic nitrogens is 3. The molecule has 35 heavy (non-hydrogen) atoms. The van der Waals surface area contributed by atoms with E-state index in [0.717, 1.165) is 18.4 Å². The van der Waals surface area contributed by atoms with Gasteiger partial charge in [0.05, 0.1) is 17.5 Å². The summed E-state index contributed by atoms with van der Waals surface area (Å²) < 4.78 is 53.3. The molecule has 0 spiro atoms. The Bertz CT molecular complexity index is 1240. The Morgan fingerprint density at radius 3 is 2.29 bits per heavy atom. The second-order valence-corrected chi connectivity index (χ2v) is 12.5. The lowest BCUT2D eigenvalue weighted by molar-refractivity contribution is 0.0128. The second-order valence-electron chi connectivity index (χ2n) is 8.91. The van der Waals surface area contributed by atoms with Crippen molar-refractivity contribution in [1.82, 2.24) is 14.8 Å². The molecule has 0 aliphatic carbocycles. The van der Waals surface area contributed by atoms with Crippen LogP contribution in [0.3, 0.4) is 0 Å². The zero-order valence-electron chi connectivity index (χ0n) is 19.8. The zero-order chi connectivity index (χ0) is 26.0. The van der Waals surface area contributed by atoms with Crippen molar-refractivity contribution in [3.8, 4) is 0 Å². The van der Waals surface area contributed by atoms with Gasteiger partial charge in [0.2, 0.25) is 0 Å². The molecule has 1 heterocycles. The van der Waals surface area contributed by atoms with Crippen molar-refractivity contribution in [3.05, 3.63) is 77.9 Å². The molecule has 3 aromatic rings. The summed E-state index contributed by atoms with van der Waals surface area (Å²) in [5, 5.41) is 25.9. The first-order chi connectivity index (χ1) is 16.3. The molecule has 0 amide bonds. The largest absolute Gasteiger partial charge is 0.387 e. The molecular formula is C24H29F2N3O4S2. The standard InChI is InChI=1S/C24H29F2N3O4S2/c1-15(2)23(22(30)17-5-8-19(9-6-17)35(4,32)33)34-16(3)24(31,12-29-14-27-13-28-29)20-10-7-18(25)11-21(20)26/h5-11,13-16,22-23,30-31H,12H2,1-4H3/t16-,22?,23?,24-/m1/s1. The van der Waals surface area contributed by atoms with Crippen molar-refractivity contribution >= 4 is 21.6 Å². The van der Waals surface area contributed by atoms with Crippen LogP contribution in [0.25, 0.3) is 0 Å². The van der Waals surface area contributed by atoms with Crippen molar-refractivity contribution in [2.45, 2.75) is 54.4 Å². The van der Waals surface area contributed by atoms with Crippen LogP contribution in [-0.2, 0) is 22.0 Å². The molecule has 2 unspecified atom stereocenters. The molecule has 11 heteroatoms. The molecule has 1 aromatic heterocycles. The number of nitrogens with zero attached hydrogens (tertiary/aromatic N) is 3. The average molecular weight is 526 g/mol. The Kier molecular flexibility index (Phi) is 8.36. The predicted molar refractivity (Wildman–Crippen MR) is 130 cm³/mol. The Balaban J connectivity index is 1.94. The van der Waals surface area contributed by atoms with E-state index in [2.05, 4.69) is 10.1 Å². The van der Waals surface area contributed by atoms with Crippen LogP contribution in [0.15, 0.2) is 60.0 Å². The minimum atomic E-state index is -3.38. The van der Waals surface area contributed by atoms with E-state index in [1.807, 2.05) is 13.8 Å². The first kappa shape index (κ1) is 27.3. The van der Waals surface area contributed by atoms with Crippen LogP contribution in [0, 0.1) is 17.6 Å². The van der Waals surface area contributed by atoms with E-state index < -0.39 is 43.7 Å². The molecule has 0 bridgehead atoms. The quantitative estimate of drug-likeness (QED) is 0.416. The normalized spacial score (nSPS) is 16.6. The number of hydrogen-bond acceptors (Lipinski definition) is 7. The fraction of sp³-hybridized carbons (Fsp3) is 0.417. The maximum atomic E-state index is 14.8. The zero-order valence-corrected chi connectivity index (χ0v) is 21.5. The fourth-order valence-electron chi connectivity index (χ4n) is 3.88. The number of aliphatic hydroxyl groups excluding tert-OH is 1. The van der Waals surface area contributed by atoms with Gasteiger partial charge in [-0.1, -0.05) is 39.0 Å². The number of rotatable bonds is 10. The number of benzene rings is 2. The van der Waals surface area contributed by atoms with Gasteiger partial charge in [0.15, 0.2) is 9.84 Å². The smallest absolute Gasteiger partial charge is 0.175 e. The predicted octanol–water partition coefficient (Wildman–Crippen LogP) is 3.73. The van der Waals surface area contributed by atoms with Gasteiger partial charge in [0.25, 0.3) is 0 Å². The molecule has 2 N–H and O–H groups in total. The Labute approximate surface area is 208 Å². The molecule has 4 atom stereocenters. The summed E-state index contributed by atoms with van der Waals surface area (Å²) in [7, 11) is -3.38. The Morgan fingerprint density at radius 2 is 1.77 bits per heavy atom. The molecule has 0 fully saturated rings. The lowest BCUT2D eigenvalue weighted by atomic mass is 9.90. The van der Waals surface area contributed by atoms with E-state index >= 15 is 0 Å². The molecule has 0 radical (unpaired) electrons. The van der Waals surface area contributed by atoms with E-state index in [0.29, 0.717) is 5.56 Å². The highest BCUT2D eigenvalue weighted by atomic mass is 32.2. The Morgan fingerprint density at radius 1 is 1.11 bits per heavy atom. The van der Waals surface area contributed by atoms with Gasteiger partial charge in [-0.05, 0) is 29.7 Å². The van der Waals surface area contributed by atoms with Gasteiger partial charge in [0.1, 0.15) is 29.9 Å². The third-order valence-electron chi connectivity index (χ3n) is 5.92. The molecule has 190 valence electrons. The number of halogens is 2. The third-order valence-corrected chi connectivity index (χ3v) is 8.96. The molecule has 2 aromatic carbocycles. The minimum absolute atomic E-state index is 0.0688. The van der Waals surface area contributed by atoms with Gasteiger partial charge in [-0.25, -0.2) is 26.9 Å². The Hall–Kier alpha value is -2.34. The molecular weight excluding hydrogens is 496 g/mol. The highest BCUT2D eigenvalue weighted by Crippen LogP contribution is 2.42. The van der Waals surface area contributed by atoms with Crippen LogP contribution in [0.2, 0.25) is 0 Å². The van der Waals surface area contributed by atoms with Crippen LogP contribution in [0.1, 0.15) is 38.0 Å². The van der Waals surface area contributed by atoms with Crippen molar-refractivity contribution < 1.29 is 27.4 Å². The SMILES string of the molecule is CC(C)C(S[C@H](C)[C@](O)(Cn1cncn1)c1ccc(F)cc1F)C(O)c1ccc(S(C)(=O)=O)cc1. The number of hydrogen-bond donors (Lipinski definition) is 2. The monoisotopic (exact) mass is 525 g/mol. The van der Waals surface area contributed by atoms with E-state index in [4.69, 9.17) is 0 Å². The molecule has 3 rings (SSSR count). The van der Waals surface area contributed by atoms with Crippen LogP contribution >= 0.6 is 11.8 Å². The summed E-state index contributed by atoms with van der Waals surface area (Å²) in [5.74, 6) is -1.72. The van der Waals surface area contributed by atoms with Crippen molar-refractivity contribution in [3.63, 3.8) is 0 Å². The number of sulfone groups is 1. The van der Waals surface area contributed by atoms with Crippen molar-refractivity contribution in [2.24, 2.45) is 5.92 Å². The van der Waals surface area contributed by atoms with Crippen molar-refractivity contribution in [2.75, 3.05) is 6.26 Å². The van der Waals surface area contributed by atoms with E-state index in [1.165, 1.54) is 47.3 Å². The summed E-state index contributed by atoms with van der Waals surface area (Å²) in [6.45, 7) is 5.38. The molecule has 0 aliphatic heterocycles. The lowest BCUT2D eigenvalue weighted by Crippen LogP contribution is -2.43. The minimum Gasteiger partial charge on any atom is -0.387 e. The summed E-state index contributed by atoms with van der Waals surface area (Å²) in [5.41, 5.74) is -1.39. The first-order valence-corrected chi connectivity index (χ1v) is 13.8. The van der Waals surface area contributed by atoms with Gasteiger partial charge in [0, 0.05) is 28.4 Å². The molecule has 0 aliphatic rings. The van der Waals surface area contributed by atoms with Crippen LogP contribution < -0.4 is 0 Å². The summed E-state index contributed by atoms with van der Waals surface area (Å²) >= 11 is 1.26. The number of aliphatic hydroxyl groups is 2. The van der Waals surface area contributed by atoms with Gasteiger partial charge < -0.3 is 10.2 Å². The maximum absolute atomic E-state index is 14.8. The highest BCUT2D eigenvalue weighted by molar-refractivity contribution is 8.00. The van der Waals surface area contributed by atoms with Gasteiger partial charge in [-0.2, -0.15) is 5.10 Å². The summed E-state index contributed by atoms with van der Waals surface area (Å²) in [6.07, 6.45) is 2.80. The van der Waals surface area contributed by atoms with E-state index in [9.17, 15) is 27.4 Å². The van der Waals surface area contributed by atoms with Crippen molar-refractivity contribution in [1.29, 1.82) is 0 Å². The van der Waals surface area contributed by atoms with E-state index in [1.54, 1.807) is 19.1 Å². The third kappa shape index (κ3) is 6.27. The molecule has 0 saturated heterocycles. The molecule has 7 nitrogen and oxygen atoms in total. The number of thioether (sulfide) groups is 1. The first-order valence-electron chi connectivity index (χ1n) is 11.0. The fourth-order valence-corrected chi connectivity index (χ4v) is 6.03. The molecule has 0 saturated carbocycles. The maximum Gasteiger partial charge on any atom is 0.175 e. The van der Waals surface area contributed by atoms with Crippen LogP contribution in [0.5, 0.6) is 0 Å². The average Bonchev–Trinajstić information content (AvgIpc) is 3.28. The van der Waals surface area contributed by atoms with Crippen LogP contribution in [0.4, 0.5) is 8.78 Å². The van der Waals surface area contributed by atoms with E-state index in [-0.39, 0.29) is 22.9 Å². The lowest BCUT2D eigenvalue weighted by Gasteiger charge is -2.38. The van der Waals surface area contributed by atoms with Gasteiger partial charge in [-0.15, -0.1) is 11.8 Å². The summed E-state index contributed by atoms with van der Waals surface area (Å²) in [4.78, 5) is 4.02. The van der Waals surface area contributed by atoms with Gasteiger partial charge in [-0.3, -0.25) is 0 Å². The summed E-state index contributed by atoms with van der Waals surface area (Å²) in [6, 6.07) is 9.01. The highest BCUT2D eigenvalue weighted by Gasteiger charge is 2.42. The second kappa shape index (κ2) is 10.7. The van der Waals surface area contributed by atoms with Crippen LogP contribution in [-0.4, -0.2) is 50.2 Å². The van der Waals surface area contributed by atoms with Gasteiger partial charge >= 0.3 is 0 Å². The topological polar surface area (TPSA) is 105 Å².